The summed E-state index contributed by atoms with van der Waals surface area (Å²) in [6.07, 6.45) is 16.1. The summed E-state index contributed by atoms with van der Waals surface area (Å²) in [6, 6.07) is 4.28. The van der Waals surface area contributed by atoms with Crippen molar-refractivity contribution >= 4 is 11.7 Å². The van der Waals surface area contributed by atoms with Crippen molar-refractivity contribution in [3.05, 3.63) is 47.8 Å². The van der Waals surface area contributed by atoms with Crippen molar-refractivity contribution in [2.24, 2.45) is 28.6 Å². The summed E-state index contributed by atoms with van der Waals surface area (Å²) in [5.74, 6) is 2.13. The van der Waals surface area contributed by atoms with Crippen molar-refractivity contribution in [2.45, 2.75) is 84.8 Å². The molecule has 1 aromatic rings. The second-order valence-electron chi connectivity index (χ2n) is 11.8. The Morgan fingerprint density at radius 3 is 2.69 bits per heavy atom. The molecule has 0 spiro atoms. The summed E-state index contributed by atoms with van der Waals surface area (Å²) in [4.78, 5) is 16.6. The van der Waals surface area contributed by atoms with Crippen LogP contribution in [0.4, 0.5) is 4.79 Å². The first-order valence-corrected chi connectivity index (χ1v) is 13.6. The highest BCUT2D eigenvalue weighted by atomic mass is 16.7. The standard InChI is InChI=1S/C30H41NO4/c1-20(2)33-16-17-34-28(32)35-23-11-13-29(3)22(18-23)7-8-24-26-10-9-25(21-6-5-15-31-19-21)30(26,4)14-12-27(24)29/h5-7,9,15,19-20,23-24,26-27H,8,10-14,16-18H2,1-4H3/t23-,24-,26-,27-,29-,30+/m0/s1. The molecule has 5 nitrogen and oxygen atoms in total. The molecule has 0 saturated heterocycles. The lowest BCUT2D eigenvalue weighted by Crippen LogP contribution is -2.50. The average Bonchev–Trinajstić information content (AvgIpc) is 3.20. The van der Waals surface area contributed by atoms with E-state index in [4.69, 9.17) is 14.2 Å². The zero-order valence-electron chi connectivity index (χ0n) is 21.8. The Kier molecular flexibility index (Phi) is 6.82. The Balaban J connectivity index is 1.23. The topological polar surface area (TPSA) is 57.7 Å². The van der Waals surface area contributed by atoms with Crippen LogP contribution in [0.2, 0.25) is 0 Å². The third-order valence-corrected chi connectivity index (χ3v) is 9.63. The minimum atomic E-state index is -0.561. The van der Waals surface area contributed by atoms with E-state index in [0.717, 1.165) is 31.6 Å². The van der Waals surface area contributed by atoms with Gasteiger partial charge in [0.2, 0.25) is 0 Å². The van der Waals surface area contributed by atoms with Crippen LogP contribution in [-0.4, -0.2) is 36.6 Å². The highest BCUT2D eigenvalue weighted by molar-refractivity contribution is 5.72. The number of ether oxygens (including phenoxy) is 3. The predicted octanol–water partition coefficient (Wildman–Crippen LogP) is 6.98. The highest BCUT2D eigenvalue weighted by Crippen LogP contribution is 2.66. The summed E-state index contributed by atoms with van der Waals surface area (Å²) < 4.78 is 16.4. The van der Waals surface area contributed by atoms with E-state index >= 15 is 0 Å². The van der Waals surface area contributed by atoms with Crippen molar-refractivity contribution in [3.8, 4) is 0 Å². The smallest absolute Gasteiger partial charge is 0.432 e. The molecular weight excluding hydrogens is 438 g/mol. The summed E-state index contributed by atoms with van der Waals surface area (Å²) in [5.41, 5.74) is 4.79. The van der Waals surface area contributed by atoms with Gasteiger partial charge in [0, 0.05) is 18.8 Å². The lowest BCUT2D eigenvalue weighted by molar-refractivity contribution is -0.0404. The van der Waals surface area contributed by atoms with E-state index in [1.54, 1.807) is 0 Å². The lowest BCUT2D eigenvalue weighted by Gasteiger charge is -2.57. The molecule has 0 bridgehead atoms. The van der Waals surface area contributed by atoms with Gasteiger partial charge in [0.25, 0.3) is 0 Å². The molecular formula is C30H41NO4. The fourth-order valence-corrected chi connectivity index (χ4v) is 7.84. The van der Waals surface area contributed by atoms with Gasteiger partial charge in [0.05, 0.1) is 12.7 Å². The first-order valence-electron chi connectivity index (χ1n) is 13.6. The van der Waals surface area contributed by atoms with Crippen LogP contribution in [0.5, 0.6) is 0 Å². The lowest BCUT2D eigenvalue weighted by atomic mass is 9.47. The van der Waals surface area contributed by atoms with Gasteiger partial charge in [0.1, 0.15) is 12.7 Å². The zero-order chi connectivity index (χ0) is 24.6. The van der Waals surface area contributed by atoms with Crippen LogP contribution in [-0.2, 0) is 14.2 Å². The molecule has 6 atom stereocenters. The molecule has 0 aliphatic heterocycles. The molecule has 2 saturated carbocycles. The zero-order valence-corrected chi connectivity index (χ0v) is 21.8. The van der Waals surface area contributed by atoms with Gasteiger partial charge in [-0.1, -0.05) is 37.6 Å². The third kappa shape index (κ3) is 4.57. The molecule has 0 amide bonds. The molecule has 0 N–H and O–H groups in total. The van der Waals surface area contributed by atoms with Crippen molar-refractivity contribution in [1.29, 1.82) is 0 Å². The number of fused-ring (bicyclic) bond motifs is 5. The van der Waals surface area contributed by atoms with Gasteiger partial charge in [-0.15, -0.1) is 0 Å². The van der Waals surface area contributed by atoms with E-state index in [-0.39, 0.29) is 29.6 Å². The summed E-state index contributed by atoms with van der Waals surface area (Å²) in [7, 11) is 0. The number of aromatic nitrogens is 1. The minimum absolute atomic E-state index is 0.0800. The van der Waals surface area contributed by atoms with Crippen LogP contribution in [0, 0.1) is 28.6 Å². The first-order chi connectivity index (χ1) is 16.8. The Morgan fingerprint density at radius 1 is 1.09 bits per heavy atom. The summed E-state index contributed by atoms with van der Waals surface area (Å²) in [6.45, 7) is 9.57. The van der Waals surface area contributed by atoms with E-state index in [0.29, 0.717) is 18.4 Å². The number of hydrogen-bond acceptors (Lipinski definition) is 5. The molecule has 1 heterocycles. The van der Waals surface area contributed by atoms with Gasteiger partial charge in [-0.25, -0.2) is 4.79 Å². The van der Waals surface area contributed by atoms with E-state index in [1.807, 2.05) is 26.2 Å². The monoisotopic (exact) mass is 479 g/mol. The first kappa shape index (κ1) is 24.5. The number of hydrogen-bond donors (Lipinski definition) is 0. The Labute approximate surface area is 210 Å². The fourth-order valence-electron chi connectivity index (χ4n) is 7.84. The SMILES string of the molecule is CC(C)OCCOC(=O)O[C@H]1CC[C@@]2(C)C(=CC[C@@H]3[C@@H]2CC[C@]2(C)C(c4cccnc4)=CC[C@@H]32)C1. The highest BCUT2D eigenvalue weighted by Gasteiger charge is 2.57. The quantitative estimate of drug-likeness (QED) is 0.250. The molecule has 4 aliphatic rings. The molecule has 4 aliphatic carbocycles. The number of rotatable bonds is 6. The van der Waals surface area contributed by atoms with Crippen molar-refractivity contribution in [1.82, 2.24) is 4.98 Å². The van der Waals surface area contributed by atoms with Crippen molar-refractivity contribution in [2.75, 3.05) is 13.2 Å². The maximum absolute atomic E-state index is 12.2. The fraction of sp³-hybridized carbons (Fsp3) is 0.667. The van der Waals surface area contributed by atoms with Gasteiger partial charge in [-0.05, 0) is 98.2 Å². The molecule has 35 heavy (non-hydrogen) atoms. The number of carbonyl (C=O) groups excluding carboxylic acids is 1. The second-order valence-corrected chi connectivity index (χ2v) is 11.8. The number of carbonyl (C=O) groups is 1. The van der Waals surface area contributed by atoms with Gasteiger partial charge in [-0.2, -0.15) is 0 Å². The molecule has 190 valence electrons. The molecule has 0 aromatic carbocycles. The third-order valence-electron chi connectivity index (χ3n) is 9.63. The van der Waals surface area contributed by atoms with Crippen LogP contribution < -0.4 is 0 Å². The maximum atomic E-state index is 12.2. The predicted molar refractivity (Wildman–Crippen MR) is 137 cm³/mol. The van der Waals surface area contributed by atoms with E-state index < -0.39 is 6.16 Å². The molecule has 0 unspecified atom stereocenters. The molecule has 5 heteroatoms. The van der Waals surface area contributed by atoms with Crippen LogP contribution >= 0.6 is 0 Å². The normalized spacial score (nSPS) is 35.9. The maximum Gasteiger partial charge on any atom is 0.508 e. The van der Waals surface area contributed by atoms with E-state index in [2.05, 4.69) is 43.1 Å². The summed E-state index contributed by atoms with van der Waals surface area (Å²) >= 11 is 0. The molecule has 1 aromatic heterocycles. The number of allylic oxidation sites excluding steroid dienone is 3. The summed E-state index contributed by atoms with van der Waals surface area (Å²) in [5, 5.41) is 0. The largest absolute Gasteiger partial charge is 0.508 e. The number of nitrogens with zero attached hydrogens (tertiary/aromatic N) is 1. The Morgan fingerprint density at radius 2 is 1.91 bits per heavy atom. The van der Waals surface area contributed by atoms with Gasteiger partial charge in [-0.3, -0.25) is 4.98 Å². The Bertz CT molecular complexity index is 985. The molecule has 5 rings (SSSR count). The van der Waals surface area contributed by atoms with Crippen LogP contribution in [0.15, 0.2) is 42.3 Å². The van der Waals surface area contributed by atoms with Crippen molar-refractivity contribution in [3.63, 3.8) is 0 Å². The van der Waals surface area contributed by atoms with Crippen LogP contribution in [0.1, 0.15) is 78.2 Å². The van der Waals surface area contributed by atoms with E-state index in [1.165, 1.54) is 36.0 Å². The minimum Gasteiger partial charge on any atom is -0.432 e. The second kappa shape index (κ2) is 9.72. The van der Waals surface area contributed by atoms with E-state index in [9.17, 15) is 4.79 Å². The molecule has 0 radical (unpaired) electrons. The van der Waals surface area contributed by atoms with Crippen LogP contribution in [0.25, 0.3) is 5.57 Å². The van der Waals surface area contributed by atoms with Gasteiger partial charge >= 0.3 is 6.16 Å². The van der Waals surface area contributed by atoms with Crippen molar-refractivity contribution < 1.29 is 19.0 Å². The van der Waals surface area contributed by atoms with Crippen LogP contribution in [0.3, 0.4) is 0 Å². The average molecular weight is 480 g/mol. The Hall–Kier alpha value is -2.14. The molecule has 2 fully saturated rings. The number of pyridine rings is 1. The van der Waals surface area contributed by atoms with Gasteiger partial charge in [0.15, 0.2) is 0 Å². The van der Waals surface area contributed by atoms with Gasteiger partial charge < -0.3 is 14.2 Å².